The Morgan fingerprint density at radius 1 is 1.17 bits per heavy atom. The third-order valence-electron chi connectivity index (χ3n) is 3.03. The summed E-state index contributed by atoms with van der Waals surface area (Å²) in [7, 11) is 1.90. The van der Waals surface area contributed by atoms with Gasteiger partial charge in [-0.1, -0.05) is 0 Å². The van der Waals surface area contributed by atoms with Gasteiger partial charge in [0.05, 0.1) is 6.54 Å². The number of hydrogen-bond acceptors (Lipinski definition) is 6. The Hall–Kier alpha value is -2.54. The van der Waals surface area contributed by atoms with E-state index >= 15 is 0 Å². The molecular weight excluding hydrogens is 315 g/mol. The first-order valence-corrected chi connectivity index (χ1v) is 7.87. The van der Waals surface area contributed by atoms with Gasteiger partial charge in [0.2, 0.25) is 11.8 Å². The van der Waals surface area contributed by atoms with Gasteiger partial charge in [-0.2, -0.15) is 4.98 Å². The van der Waals surface area contributed by atoms with Crippen molar-refractivity contribution in [2.45, 2.75) is 13.5 Å². The summed E-state index contributed by atoms with van der Waals surface area (Å²) in [6, 6.07) is 7.45. The maximum atomic E-state index is 12.9. The van der Waals surface area contributed by atoms with Crippen LogP contribution >= 0.6 is 11.3 Å². The second kappa shape index (κ2) is 6.70. The van der Waals surface area contributed by atoms with Gasteiger partial charge in [0.1, 0.15) is 16.6 Å². The first kappa shape index (κ1) is 15.4. The number of halogens is 1. The molecule has 0 saturated carbocycles. The van der Waals surface area contributed by atoms with E-state index in [9.17, 15) is 4.39 Å². The topological polar surface area (TPSA) is 51.1 Å². The summed E-state index contributed by atoms with van der Waals surface area (Å²) in [6.45, 7) is 2.59. The Bertz CT molecular complexity index is 791. The molecule has 0 aliphatic rings. The van der Waals surface area contributed by atoms with Crippen LogP contribution in [-0.2, 0) is 6.54 Å². The predicted molar refractivity (Wildman–Crippen MR) is 87.5 cm³/mol. The largest absolute Gasteiger partial charge is 0.439 e. The average Bonchev–Trinajstić information content (AvgIpc) is 2.95. The second-order valence-electron chi connectivity index (χ2n) is 4.99. The Morgan fingerprint density at radius 3 is 2.65 bits per heavy atom. The van der Waals surface area contributed by atoms with E-state index in [-0.39, 0.29) is 5.82 Å². The van der Waals surface area contributed by atoms with Crippen LogP contribution in [0.25, 0.3) is 0 Å². The van der Waals surface area contributed by atoms with Crippen LogP contribution < -0.4 is 9.64 Å². The summed E-state index contributed by atoms with van der Waals surface area (Å²) in [4.78, 5) is 14.9. The molecule has 3 rings (SSSR count). The molecule has 0 radical (unpaired) electrons. The van der Waals surface area contributed by atoms with Gasteiger partial charge >= 0.3 is 0 Å². The van der Waals surface area contributed by atoms with Gasteiger partial charge in [0.15, 0.2) is 0 Å². The smallest absolute Gasteiger partial charge is 0.228 e. The molecule has 7 heteroatoms. The minimum atomic E-state index is -0.306. The molecule has 0 aliphatic carbocycles. The van der Waals surface area contributed by atoms with Gasteiger partial charge in [-0.25, -0.2) is 14.4 Å². The summed E-state index contributed by atoms with van der Waals surface area (Å²) in [6.07, 6.45) is 1.63. The molecule has 0 N–H and O–H groups in total. The maximum absolute atomic E-state index is 12.9. The van der Waals surface area contributed by atoms with E-state index < -0.39 is 0 Å². The Morgan fingerprint density at radius 2 is 1.96 bits per heavy atom. The quantitative estimate of drug-likeness (QED) is 0.712. The molecule has 0 fully saturated rings. The van der Waals surface area contributed by atoms with Crippen molar-refractivity contribution in [3.05, 3.63) is 58.4 Å². The number of ether oxygens (including phenoxy) is 1. The Labute approximate surface area is 137 Å². The van der Waals surface area contributed by atoms with Gasteiger partial charge in [-0.15, -0.1) is 11.3 Å². The number of benzene rings is 1. The molecule has 2 heterocycles. The van der Waals surface area contributed by atoms with Crippen LogP contribution in [0, 0.1) is 12.7 Å². The first-order chi connectivity index (χ1) is 11.1. The minimum absolute atomic E-state index is 0.306. The zero-order valence-corrected chi connectivity index (χ0v) is 13.5. The lowest BCUT2D eigenvalue weighted by Gasteiger charge is -2.16. The van der Waals surface area contributed by atoms with E-state index in [0.29, 0.717) is 24.1 Å². The molecule has 0 unspecified atom stereocenters. The van der Waals surface area contributed by atoms with Gasteiger partial charge in [0.25, 0.3) is 0 Å². The van der Waals surface area contributed by atoms with E-state index in [1.165, 1.54) is 12.1 Å². The zero-order valence-electron chi connectivity index (χ0n) is 12.7. The van der Waals surface area contributed by atoms with Crippen LogP contribution in [0.2, 0.25) is 0 Å². The van der Waals surface area contributed by atoms with Crippen molar-refractivity contribution in [1.82, 2.24) is 15.0 Å². The molecule has 3 aromatic rings. The highest BCUT2D eigenvalue weighted by atomic mass is 32.1. The summed E-state index contributed by atoms with van der Waals surface area (Å²) in [5.74, 6) is 1.16. The van der Waals surface area contributed by atoms with Crippen molar-refractivity contribution in [2.75, 3.05) is 11.9 Å². The predicted octanol–water partition coefficient (Wildman–Crippen LogP) is 3.81. The molecule has 0 bridgehead atoms. The van der Waals surface area contributed by atoms with Crippen molar-refractivity contribution in [3.63, 3.8) is 0 Å². The van der Waals surface area contributed by atoms with E-state index in [0.717, 1.165) is 10.7 Å². The fourth-order valence-electron chi connectivity index (χ4n) is 1.95. The van der Waals surface area contributed by atoms with Crippen molar-refractivity contribution in [2.24, 2.45) is 0 Å². The second-order valence-corrected chi connectivity index (χ2v) is 5.93. The van der Waals surface area contributed by atoms with Crippen LogP contribution in [0.5, 0.6) is 11.6 Å². The fourth-order valence-corrected chi connectivity index (χ4v) is 2.77. The van der Waals surface area contributed by atoms with Gasteiger partial charge in [-0.3, -0.25) is 0 Å². The molecule has 5 nitrogen and oxygen atoms in total. The monoisotopic (exact) mass is 330 g/mol. The number of thiazole rings is 1. The third kappa shape index (κ3) is 4.01. The van der Waals surface area contributed by atoms with E-state index in [2.05, 4.69) is 15.0 Å². The molecule has 0 spiro atoms. The molecule has 0 atom stereocenters. The van der Waals surface area contributed by atoms with Crippen LogP contribution in [0.3, 0.4) is 0 Å². The number of hydrogen-bond donors (Lipinski definition) is 0. The number of aromatic nitrogens is 3. The molecule has 0 amide bonds. The van der Waals surface area contributed by atoms with E-state index in [4.69, 9.17) is 4.74 Å². The van der Waals surface area contributed by atoms with Gasteiger partial charge < -0.3 is 9.64 Å². The van der Waals surface area contributed by atoms with Crippen LogP contribution in [0.4, 0.5) is 10.3 Å². The Balaban J connectivity index is 1.72. The summed E-state index contributed by atoms with van der Waals surface area (Å²) < 4.78 is 18.5. The SMILES string of the molecule is Cc1csc(CN(C)c2nccc(Oc3ccc(F)cc3)n2)n1. The van der Waals surface area contributed by atoms with Crippen molar-refractivity contribution in [3.8, 4) is 11.6 Å². The number of aryl methyl sites for hydroxylation is 1. The summed E-state index contributed by atoms with van der Waals surface area (Å²) in [5, 5.41) is 3.01. The van der Waals surface area contributed by atoms with Crippen LogP contribution in [0.1, 0.15) is 10.7 Å². The normalized spacial score (nSPS) is 10.6. The Kier molecular flexibility index (Phi) is 4.47. The minimum Gasteiger partial charge on any atom is -0.439 e. The van der Waals surface area contributed by atoms with Crippen molar-refractivity contribution >= 4 is 17.3 Å². The zero-order chi connectivity index (χ0) is 16.2. The molecule has 1 aromatic carbocycles. The maximum Gasteiger partial charge on any atom is 0.228 e. The molecule has 0 saturated heterocycles. The highest BCUT2D eigenvalue weighted by molar-refractivity contribution is 7.09. The lowest BCUT2D eigenvalue weighted by atomic mass is 10.3. The highest BCUT2D eigenvalue weighted by Gasteiger charge is 2.09. The van der Waals surface area contributed by atoms with Crippen molar-refractivity contribution < 1.29 is 9.13 Å². The standard InChI is InChI=1S/C16H15FN4OS/c1-11-10-23-15(19-11)9-21(2)16-18-8-7-14(20-16)22-13-5-3-12(17)4-6-13/h3-8,10H,9H2,1-2H3. The first-order valence-electron chi connectivity index (χ1n) is 6.99. The molecule has 23 heavy (non-hydrogen) atoms. The molecule has 2 aromatic heterocycles. The fraction of sp³-hybridized carbons (Fsp3) is 0.188. The van der Waals surface area contributed by atoms with Crippen molar-refractivity contribution in [1.29, 1.82) is 0 Å². The lowest BCUT2D eigenvalue weighted by Crippen LogP contribution is -2.19. The number of nitrogens with zero attached hydrogens (tertiary/aromatic N) is 4. The number of anilines is 1. The van der Waals surface area contributed by atoms with Gasteiger partial charge in [-0.05, 0) is 31.2 Å². The highest BCUT2D eigenvalue weighted by Crippen LogP contribution is 2.21. The third-order valence-corrected chi connectivity index (χ3v) is 3.99. The lowest BCUT2D eigenvalue weighted by molar-refractivity contribution is 0.459. The molecular formula is C16H15FN4OS. The van der Waals surface area contributed by atoms with Crippen LogP contribution in [0.15, 0.2) is 41.9 Å². The molecule has 118 valence electrons. The summed E-state index contributed by atoms with van der Waals surface area (Å²) in [5.41, 5.74) is 1.01. The summed E-state index contributed by atoms with van der Waals surface area (Å²) >= 11 is 1.61. The number of rotatable bonds is 5. The average molecular weight is 330 g/mol. The van der Waals surface area contributed by atoms with E-state index in [1.807, 2.05) is 24.3 Å². The molecule has 0 aliphatic heterocycles. The van der Waals surface area contributed by atoms with E-state index in [1.54, 1.807) is 35.7 Å². The van der Waals surface area contributed by atoms with Gasteiger partial charge in [0, 0.05) is 30.4 Å². The van der Waals surface area contributed by atoms with Crippen LogP contribution in [-0.4, -0.2) is 22.0 Å².